The van der Waals surface area contributed by atoms with Gasteiger partial charge in [-0.1, -0.05) is 15.9 Å². The van der Waals surface area contributed by atoms with E-state index in [0.717, 1.165) is 0 Å². The Labute approximate surface area is 72.5 Å². The Bertz CT molecular complexity index is 237. The second kappa shape index (κ2) is 3.04. The van der Waals surface area contributed by atoms with Gasteiger partial charge in [0.25, 0.3) is 5.70 Å². The molecule has 1 aliphatic heterocycles. The van der Waals surface area contributed by atoms with Crippen molar-refractivity contribution in [1.29, 1.82) is 0 Å². The smallest absolute Gasteiger partial charge is 0.279 e. The summed E-state index contributed by atoms with van der Waals surface area (Å²) in [7, 11) is 1.77. The summed E-state index contributed by atoms with van der Waals surface area (Å²) in [4.78, 5) is 11.4. The van der Waals surface area contributed by atoms with E-state index in [9.17, 15) is 10.1 Å². The lowest BCUT2D eigenvalue weighted by Gasteiger charge is -2.20. The van der Waals surface area contributed by atoms with Crippen molar-refractivity contribution >= 4 is 15.9 Å². The Morgan fingerprint density at radius 2 is 2.45 bits per heavy atom. The van der Waals surface area contributed by atoms with E-state index < -0.39 is 0 Å². The molecule has 11 heavy (non-hydrogen) atoms. The van der Waals surface area contributed by atoms with Gasteiger partial charge in [0.15, 0.2) is 4.95 Å². The van der Waals surface area contributed by atoms with Crippen LogP contribution in [0.5, 0.6) is 0 Å². The van der Waals surface area contributed by atoms with E-state index >= 15 is 0 Å². The Balaban J connectivity index is 2.87. The van der Waals surface area contributed by atoms with Crippen molar-refractivity contribution in [2.75, 3.05) is 7.05 Å². The van der Waals surface area contributed by atoms with Crippen LogP contribution in [0, 0.1) is 10.1 Å². The molecule has 0 aromatic carbocycles. The molecule has 0 radical (unpaired) electrons. The van der Waals surface area contributed by atoms with Crippen LogP contribution in [0.3, 0.4) is 0 Å². The third kappa shape index (κ3) is 1.59. The van der Waals surface area contributed by atoms with Gasteiger partial charge in [-0.25, -0.2) is 0 Å². The molecule has 0 aromatic rings. The number of hydrogen-bond acceptors (Lipinski definition) is 3. The van der Waals surface area contributed by atoms with Gasteiger partial charge in [0, 0.05) is 19.3 Å². The van der Waals surface area contributed by atoms with Crippen molar-refractivity contribution in [2.24, 2.45) is 0 Å². The molecule has 5 heteroatoms. The van der Waals surface area contributed by atoms with Crippen LogP contribution in [-0.2, 0) is 0 Å². The van der Waals surface area contributed by atoms with Gasteiger partial charge in [0.2, 0.25) is 0 Å². The standard InChI is InChI=1S/C6H7BrN2O2/c1-8-4-2-3-5(6(8)7)9(10)11/h2-4,6H,1H3. The predicted molar refractivity (Wildman–Crippen MR) is 44.7 cm³/mol. The molecule has 1 unspecified atom stereocenters. The van der Waals surface area contributed by atoms with E-state index in [4.69, 9.17) is 0 Å². The van der Waals surface area contributed by atoms with Crippen molar-refractivity contribution in [3.05, 3.63) is 34.2 Å². The molecule has 0 aliphatic carbocycles. The van der Waals surface area contributed by atoms with Crippen LogP contribution in [0.4, 0.5) is 0 Å². The van der Waals surface area contributed by atoms with Gasteiger partial charge < -0.3 is 4.90 Å². The highest BCUT2D eigenvalue weighted by Gasteiger charge is 2.25. The van der Waals surface area contributed by atoms with Crippen LogP contribution in [0.1, 0.15) is 0 Å². The number of allylic oxidation sites excluding steroid dienone is 2. The van der Waals surface area contributed by atoms with Crippen molar-refractivity contribution < 1.29 is 4.92 Å². The Hall–Kier alpha value is -0.840. The molecule has 60 valence electrons. The number of alkyl halides is 1. The second-order valence-electron chi connectivity index (χ2n) is 2.19. The van der Waals surface area contributed by atoms with Gasteiger partial charge in [0.1, 0.15) is 0 Å². The fourth-order valence-electron chi connectivity index (χ4n) is 0.789. The summed E-state index contributed by atoms with van der Waals surface area (Å²) in [6.45, 7) is 0. The number of likely N-dealkylation sites (N-methyl/N-ethyl adjacent to an activating group) is 1. The summed E-state index contributed by atoms with van der Waals surface area (Å²) < 4.78 is 0. The van der Waals surface area contributed by atoms with Crippen LogP contribution in [0.15, 0.2) is 24.0 Å². The van der Waals surface area contributed by atoms with Gasteiger partial charge in [-0.05, 0) is 6.08 Å². The number of nitro groups is 1. The highest BCUT2D eigenvalue weighted by atomic mass is 79.9. The molecule has 0 saturated heterocycles. The average molecular weight is 219 g/mol. The topological polar surface area (TPSA) is 46.4 Å². The number of rotatable bonds is 1. The highest BCUT2D eigenvalue weighted by Crippen LogP contribution is 2.20. The largest absolute Gasteiger partial charge is 0.359 e. The van der Waals surface area contributed by atoms with Gasteiger partial charge in [-0.2, -0.15) is 0 Å². The second-order valence-corrected chi connectivity index (χ2v) is 3.06. The summed E-state index contributed by atoms with van der Waals surface area (Å²) >= 11 is 3.19. The minimum atomic E-state index is -0.389. The van der Waals surface area contributed by atoms with E-state index in [1.807, 2.05) is 0 Å². The fraction of sp³-hybridized carbons (Fsp3) is 0.333. The molecule has 0 amide bonds. The predicted octanol–water partition coefficient (Wildman–Crippen LogP) is 1.33. The van der Waals surface area contributed by atoms with Crippen molar-refractivity contribution in [1.82, 2.24) is 4.90 Å². The molecule has 1 aliphatic rings. The Morgan fingerprint density at radius 3 is 2.91 bits per heavy atom. The van der Waals surface area contributed by atoms with E-state index in [0.29, 0.717) is 0 Å². The monoisotopic (exact) mass is 218 g/mol. The zero-order valence-corrected chi connectivity index (χ0v) is 7.48. The summed E-state index contributed by atoms with van der Waals surface area (Å²) in [5.41, 5.74) is 0.162. The van der Waals surface area contributed by atoms with Crippen LogP contribution < -0.4 is 0 Å². The molecule has 1 atom stereocenters. The van der Waals surface area contributed by atoms with Gasteiger partial charge in [0.05, 0.1) is 4.92 Å². The molecule has 0 N–H and O–H groups in total. The first-order valence-electron chi connectivity index (χ1n) is 3.01. The van der Waals surface area contributed by atoms with Gasteiger partial charge in [-0.15, -0.1) is 0 Å². The Kier molecular flexibility index (Phi) is 2.28. The summed E-state index contributed by atoms with van der Waals surface area (Å²) in [6.07, 6.45) is 4.90. The lowest BCUT2D eigenvalue weighted by atomic mass is 10.3. The molecular weight excluding hydrogens is 212 g/mol. The fourth-order valence-corrected chi connectivity index (χ4v) is 1.25. The summed E-state index contributed by atoms with van der Waals surface area (Å²) in [6, 6.07) is 0. The van der Waals surface area contributed by atoms with E-state index in [1.54, 1.807) is 24.2 Å². The normalized spacial score (nSPS) is 23.3. The third-order valence-electron chi connectivity index (χ3n) is 1.40. The number of hydrogen-bond donors (Lipinski definition) is 0. The first-order valence-corrected chi connectivity index (χ1v) is 3.93. The van der Waals surface area contributed by atoms with Crippen LogP contribution in [-0.4, -0.2) is 21.8 Å². The molecule has 1 rings (SSSR count). The number of halogens is 1. The zero-order valence-electron chi connectivity index (χ0n) is 5.90. The quantitative estimate of drug-likeness (QED) is 0.289. The molecule has 0 fully saturated rings. The first kappa shape index (κ1) is 8.26. The summed E-state index contributed by atoms with van der Waals surface area (Å²) in [5, 5.41) is 10.4. The minimum absolute atomic E-state index is 0.162. The average Bonchev–Trinajstić information content (AvgIpc) is 1.94. The van der Waals surface area contributed by atoms with Crippen LogP contribution in [0.25, 0.3) is 0 Å². The molecule has 0 aromatic heterocycles. The molecule has 0 saturated carbocycles. The van der Waals surface area contributed by atoms with Crippen molar-refractivity contribution in [3.8, 4) is 0 Å². The molecular formula is C6H7BrN2O2. The van der Waals surface area contributed by atoms with Crippen molar-refractivity contribution in [2.45, 2.75) is 4.95 Å². The lowest BCUT2D eigenvalue weighted by Crippen LogP contribution is -2.28. The maximum absolute atomic E-state index is 10.4. The number of nitrogens with zero attached hydrogens (tertiary/aromatic N) is 2. The highest BCUT2D eigenvalue weighted by molar-refractivity contribution is 9.09. The summed E-state index contributed by atoms with van der Waals surface area (Å²) in [5.74, 6) is 0. The van der Waals surface area contributed by atoms with Crippen LogP contribution in [0.2, 0.25) is 0 Å². The minimum Gasteiger partial charge on any atom is -0.359 e. The van der Waals surface area contributed by atoms with E-state index in [-0.39, 0.29) is 15.6 Å². The maximum Gasteiger partial charge on any atom is 0.279 e. The van der Waals surface area contributed by atoms with E-state index in [2.05, 4.69) is 15.9 Å². The molecule has 4 nitrogen and oxygen atoms in total. The molecule has 0 bridgehead atoms. The lowest BCUT2D eigenvalue weighted by molar-refractivity contribution is -0.429. The van der Waals surface area contributed by atoms with E-state index in [1.165, 1.54) is 6.08 Å². The Morgan fingerprint density at radius 1 is 1.82 bits per heavy atom. The first-order chi connectivity index (χ1) is 5.13. The zero-order chi connectivity index (χ0) is 8.43. The third-order valence-corrected chi connectivity index (χ3v) is 2.52. The van der Waals surface area contributed by atoms with Gasteiger partial charge in [-0.3, -0.25) is 10.1 Å². The SMILES string of the molecule is CN1C=CC=C([N+](=O)[O-])C1Br. The molecule has 1 heterocycles. The van der Waals surface area contributed by atoms with Crippen LogP contribution >= 0.6 is 15.9 Å². The maximum atomic E-state index is 10.4. The van der Waals surface area contributed by atoms with Crippen molar-refractivity contribution in [3.63, 3.8) is 0 Å². The molecule has 0 spiro atoms. The van der Waals surface area contributed by atoms with Gasteiger partial charge >= 0.3 is 0 Å².